The van der Waals surface area contributed by atoms with Gasteiger partial charge in [0, 0.05) is 28.7 Å². The molecule has 194 valence electrons. The predicted molar refractivity (Wildman–Crippen MR) is 160 cm³/mol. The summed E-state index contributed by atoms with van der Waals surface area (Å²) in [5.41, 5.74) is 5.35. The highest BCUT2D eigenvalue weighted by Crippen LogP contribution is 2.25. The number of para-hydroxylation sites is 2. The average Bonchev–Trinajstić information content (AvgIpc) is 3.47. The number of nitrogens with zero attached hydrogens (tertiary/aromatic N) is 4. The fraction of sp³-hybridized carbons (Fsp3) is 0. The molecule has 0 saturated heterocycles. The minimum atomic E-state index is 0.398. The molecule has 4 aromatic carbocycles. The summed E-state index contributed by atoms with van der Waals surface area (Å²) in [5.74, 6) is 1.91. The van der Waals surface area contributed by atoms with Gasteiger partial charge in [-0.2, -0.15) is 15.0 Å². The van der Waals surface area contributed by atoms with Crippen LogP contribution in [0.5, 0.6) is 0 Å². The molecule has 6 rings (SSSR count). The van der Waals surface area contributed by atoms with Crippen LogP contribution in [0.3, 0.4) is 0 Å². The van der Waals surface area contributed by atoms with Crippen molar-refractivity contribution in [3.8, 4) is 11.3 Å². The molecule has 2 heterocycles. The lowest BCUT2D eigenvalue weighted by Gasteiger charge is -2.11. The summed E-state index contributed by atoms with van der Waals surface area (Å²) in [6, 6.07) is 39.3. The molecule has 0 saturated carbocycles. The Morgan fingerprint density at radius 3 is 1.50 bits per heavy atom. The van der Waals surface area contributed by atoms with Gasteiger partial charge >= 0.3 is 0 Å². The summed E-state index contributed by atoms with van der Waals surface area (Å²) >= 11 is 0. The molecule has 8 heteroatoms. The van der Waals surface area contributed by atoms with Gasteiger partial charge in [-0.3, -0.25) is 0 Å². The molecule has 0 aliphatic carbocycles. The van der Waals surface area contributed by atoms with E-state index < -0.39 is 0 Å². The smallest absolute Gasteiger partial charge is 0.233 e. The van der Waals surface area contributed by atoms with E-state index in [4.69, 9.17) is 4.52 Å². The summed E-state index contributed by atoms with van der Waals surface area (Å²) in [7, 11) is 0. The second-order valence-electron chi connectivity index (χ2n) is 8.85. The maximum Gasteiger partial charge on any atom is 0.233 e. The highest BCUT2D eigenvalue weighted by Gasteiger charge is 2.10. The molecule has 0 aliphatic heterocycles. The van der Waals surface area contributed by atoms with Crippen molar-refractivity contribution < 1.29 is 4.52 Å². The first-order valence-electron chi connectivity index (χ1n) is 12.7. The van der Waals surface area contributed by atoms with Crippen LogP contribution in [0.4, 0.5) is 34.9 Å². The van der Waals surface area contributed by atoms with E-state index in [9.17, 15) is 0 Å². The molecule has 0 aliphatic rings. The zero-order valence-electron chi connectivity index (χ0n) is 21.4. The van der Waals surface area contributed by atoms with Gasteiger partial charge in [0.25, 0.3) is 0 Å². The normalized spacial score (nSPS) is 10.9. The minimum absolute atomic E-state index is 0.398. The third-order valence-corrected chi connectivity index (χ3v) is 5.90. The summed E-state index contributed by atoms with van der Waals surface area (Å²) < 4.78 is 5.50. The molecule has 0 atom stereocenters. The summed E-state index contributed by atoms with van der Waals surface area (Å²) in [6.07, 6.45) is 3.90. The standard InChI is InChI=1S/C32H25N7O/c1-4-10-23(11-5-1)16-21-28-22-29(39-40-28)24-17-19-27(20-18-24)35-32-37-30(33-25-12-6-2-7-13-25)36-31(38-32)34-26-14-8-3-9-15-26/h1-22H,(H3,33,34,35,36,37,38)/b21-16+. The van der Waals surface area contributed by atoms with Crippen molar-refractivity contribution >= 4 is 47.1 Å². The Labute approximate surface area is 231 Å². The number of rotatable bonds is 9. The van der Waals surface area contributed by atoms with Crippen molar-refractivity contribution in [3.05, 3.63) is 133 Å². The molecular formula is C32H25N7O. The molecule has 6 aromatic rings. The van der Waals surface area contributed by atoms with Gasteiger partial charge in [-0.15, -0.1) is 0 Å². The number of nitrogens with one attached hydrogen (secondary N) is 3. The lowest BCUT2D eigenvalue weighted by molar-refractivity contribution is 0.415. The van der Waals surface area contributed by atoms with Gasteiger partial charge in [0.2, 0.25) is 17.8 Å². The highest BCUT2D eigenvalue weighted by atomic mass is 16.5. The second-order valence-corrected chi connectivity index (χ2v) is 8.85. The Morgan fingerprint density at radius 1 is 0.500 bits per heavy atom. The minimum Gasteiger partial charge on any atom is -0.356 e. The van der Waals surface area contributed by atoms with Crippen molar-refractivity contribution in [2.24, 2.45) is 0 Å². The first kappa shape index (κ1) is 24.6. The highest BCUT2D eigenvalue weighted by molar-refractivity contribution is 5.71. The van der Waals surface area contributed by atoms with Crippen LogP contribution in [0, 0.1) is 0 Å². The fourth-order valence-electron chi connectivity index (χ4n) is 3.94. The quantitative estimate of drug-likeness (QED) is 0.176. The second kappa shape index (κ2) is 11.7. The van der Waals surface area contributed by atoms with E-state index in [0.29, 0.717) is 23.6 Å². The third kappa shape index (κ3) is 6.38. The largest absolute Gasteiger partial charge is 0.356 e. The lowest BCUT2D eigenvalue weighted by atomic mass is 10.1. The summed E-state index contributed by atoms with van der Waals surface area (Å²) in [5, 5.41) is 14.0. The van der Waals surface area contributed by atoms with Crippen LogP contribution in [0.15, 0.2) is 126 Å². The first-order valence-corrected chi connectivity index (χ1v) is 12.7. The Kier molecular flexibility index (Phi) is 7.21. The van der Waals surface area contributed by atoms with Gasteiger partial charge in [0.05, 0.1) is 0 Å². The Morgan fingerprint density at radius 2 is 0.975 bits per heavy atom. The molecule has 0 radical (unpaired) electrons. The zero-order chi connectivity index (χ0) is 27.0. The molecule has 0 amide bonds. The monoisotopic (exact) mass is 523 g/mol. The van der Waals surface area contributed by atoms with Crippen molar-refractivity contribution in [1.29, 1.82) is 0 Å². The van der Waals surface area contributed by atoms with Gasteiger partial charge in [-0.1, -0.05) is 90.1 Å². The molecule has 0 bridgehead atoms. The molecular weight excluding hydrogens is 498 g/mol. The van der Waals surface area contributed by atoms with E-state index in [1.165, 1.54) is 0 Å². The molecule has 0 spiro atoms. The molecule has 3 N–H and O–H groups in total. The zero-order valence-corrected chi connectivity index (χ0v) is 21.4. The number of aromatic nitrogens is 4. The number of anilines is 6. The van der Waals surface area contributed by atoms with Gasteiger partial charge in [-0.25, -0.2) is 0 Å². The number of benzene rings is 4. The van der Waals surface area contributed by atoms with Crippen LogP contribution in [0.25, 0.3) is 23.4 Å². The van der Waals surface area contributed by atoms with Gasteiger partial charge < -0.3 is 20.5 Å². The van der Waals surface area contributed by atoms with Crippen molar-refractivity contribution in [2.45, 2.75) is 0 Å². The first-order chi connectivity index (χ1) is 19.8. The van der Waals surface area contributed by atoms with E-state index in [1.54, 1.807) is 0 Å². The number of hydrogen-bond acceptors (Lipinski definition) is 8. The predicted octanol–water partition coefficient (Wildman–Crippen LogP) is 7.93. The van der Waals surface area contributed by atoms with E-state index in [0.717, 1.165) is 33.9 Å². The van der Waals surface area contributed by atoms with Crippen LogP contribution >= 0.6 is 0 Å². The number of hydrogen-bond donors (Lipinski definition) is 3. The maximum absolute atomic E-state index is 5.50. The molecule has 0 fully saturated rings. The molecule has 0 unspecified atom stereocenters. The van der Waals surface area contributed by atoms with Gasteiger partial charge in [0.15, 0.2) is 5.76 Å². The van der Waals surface area contributed by atoms with E-state index >= 15 is 0 Å². The van der Waals surface area contributed by atoms with Gasteiger partial charge in [-0.05, 0) is 48.0 Å². The van der Waals surface area contributed by atoms with Crippen LogP contribution in [-0.4, -0.2) is 20.1 Å². The van der Waals surface area contributed by atoms with E-state index in [2.05, 4.69) is 36.1 Å². The van der Waals surface area contributed by atoms with Crippen LogP contribution in [0.2, 0.25) is 0 Å². The van der Waals surface area contributed by atoms with Crippen molar-refractivity contribution in [3.63, 3.8) is 0 Å². The van der Waals surface area contributed by atoms with Crippen molar-refractivity contribution in [1.82, 2.24) is 20.1 Å². The van der Waals surface area contributed by atoms with Crippen LogP contribution in [-0.2, 0) is 0 Å². The third-order valence-electron chi connectivity index (χ3n) is 5.90. The topological polar surface area (TPSA) is 101 Å². The van der Waals surface area contributed by atoms with Crippen LogP contribution in [0.1, 0.15) is 11.3 Å². The summed E-state index contributed by atoms with van der Waals surface area (Å²) in [6.45, 7) is 0. The van der Waals surface area contributed by atoms with Crippen LogP contribution < -0.4 is 16.0 Å². The fourth-order valence-corrected chi connectivity index (χ4v) is 3.94. The molecule has 40 heavy (non-hydrogen) atoms. The average molecular weight is 524 g/mol. The van der Waals surface area contributed by atoms with Crippen molar-refractivity contribution in [2.75, 3.05) is 16.0 Å². The lowest BCUT2D eigenvalue weighted by Crippen LogP contribution is -2.07. The Balaban J connectivity index is 1.19. The van der Waals surface area contributed by atoms with E-state index in [-0.39, 0.29) is 0 Å². The Bertz CT molecular complexity index is 1640. The summed E-state index contributed by atoms with van der Waals surface area (Å²) in [4.78, 5) is 13.7. The van der Waals surface area contributed by atoms with Gasteiger partial charge in [0.1, 0.15) is 5.69 Å². The van der Waals surface area contributed by atoms with E-state index in [1.807, 2.05) is 133 Å². The Hall–Kier alpha value is -5.76. The SMILES string of the molecule is C(=C\c1cc(-c2ccc(Nc3nc(Nc4ccccc4)nc(Nc4ccccc4)n3)cc2)no1)/c1ccccc1. The molecule has 2 aromatic heterocycles. The molecule has 8 nitrogen and oxygen atoms in total. The maximum atomic E-state index is 5.50.